The van der Waals surface area contributed by atoms with Crippen molar-refractivity contribution in [3.63, 3.8) is 0 Å². The number of carbonyl (C=O) groups excluding carboxylic acids is 1. The van der Waals surface area contributed by atoms with Crippen LogP contribution in [0.1, 0.15) is 12.8 Å². The summed E-state index contributed by atoms with van der Waals surface area (Å²) in [7, 11) is 1.66. The first-order chi connectivity index (χ1) is 15.0. The quantitative estimate of drug-likeness (QED) is 0.537. The average Bonchev–Trinajstić information content (AvgIpc) is 2.84. The molecule has 2 aliphatic heterocycles. The number of aromatic nitrogens is 1. The highest BCUT2D eigenvalue weighted by molar-refractivity contribution is 5.80. The summed E-state index contributed by atoms with van der Waals surface area (Å²) in [6.45, 7) is 4.42. The standard InChI is InChI=1S/C22H27N5O4/c1-31-20-7-4-18(5-8-20)24-11-13-25(14-12-24)22(28)17-3-2-10-26(16-17)21-9-6-19(15-23-21)27(29)30/h4-9,15,17H,2-3,10-14,16H2,1H3/t17-/m1/s1. The van der Waals surface area contributed by atoms with Gasteiger partial charge in [0, 0.05) is 51.0 Å². The molecule has 4 rings (SSSR count). The number of hydrogen-bond donors (Lipinski definition) is 0. The zero-order valence-electron chi connectivity index (χ0n) is 17.6. The van der Waals surface area contributed by atoms with E-state index in [1.165, 1.54) is 12.3 Å². The molecule has 1 amide bonds. The fraction of sp³-hybridized carbons (Fsp3) is 0.455. The van der Waals surface area contributed by atoms with Crippen molar-refractivity contribution in [3.8, 4) is 5.75 Å². The predicted octanol–water partition coefficient (Wildman–Crippen LogP) is 2.56. The molecule has 1 atom stereocenters. The molecule has 2 saturated heterocycles. The van der Waals surface area contributed by atoms with E-state index in [0.717, 1.165) is 43.9 Å². The van der Waals surface area contributed by atoms with Gasteiger partial charge in [0.2, 0.25) is 5.91 Å². The topological polar surface area (TPSA) is 92.0 Å². The van der Waals surface area contributed by atoms with Crippen LogP contribution < -0.4 is 14.5 Å². The lowest BCUT2D eigenvalue weighted by molar-refractivity contribution is -0.385. The molecular weight excluding hydrogens is 398 g/mol. The van der Waals surface area contributed by atoms with E-state index >= 15 is 0 Å². The molecule has 0 aliphatic carbocycles. The maximum atomic E-state index is 13.2. The fourth-order valence-corrected chi connectivity index (χ4v) is 4.30. The average molecular weight is 425 g/mol. The molecule has 0 N–H and O–H groups in total. The van der Waals surface area contributed by atoms with Gasteiger partial charge in [0.05, 0.1) is 18.0 Å². The van der Waals surface area contributed by atoms with E-state index in [9.17, 15) is 14.9 Å². The smallest absolute Gasteiger partial charge is 0.287 e. The number of methoxy groups -OCH3 is 1. The Labute approximate surface area is 181 Å². The number of benzene rings is 1. The Hall–Kier alpha value is -3.36. The number of hydrogen-bond acceptors (Lipinski definition) is 7. The first-order valence-corrected chi connectivity index (χ1v) is 10.6. The number of piperidine rings is 1. The Morgan fingerprint density at radius 1 is 1.06 bits per heavy atom. The molecule has 3 heterocycles. The van der Waals surface area contributed by atoms with Crippen LogP contribution in [0.25, 0.3) is 0 Å². The summed E-state index contributed by atoms with van der Waals surface area (Å²) < 4.78 is 5.22. The van der Waals surface area contributed by atoms with Gasteiger partial charge >= 0.3 is 0 Å². The number of piperazine rings is 1. The number of nitrogens with zero attached hydrogens (tertiary/aromatic N) is 5. The highest BCUT2D eigenvalue weighted by atomic mass is 16.6. The number of rotatable bonds is 5. The molecule has 2 aliphatic rings. The number of ether oxygens (including phenoxy) is 1. The molecule has 0 saturated carbocycles. The summed E-state index contributed by atoms with van der Waals surface area (Å²) in [5, 5.41) is 10.8. The van der Waals surface area contributed by atoms with E-state index < -0.39 is 4.92 Å². The number of carbonyl (C=O) groups is 1. The highest BCUT2D eigenvalue weighted by Crippen LogP contribution is 2.26. The van der Waals surface area contributed by atoms with Crippen LogP contribution in [-0.4, -0.2) is 67.1 Å². The van der Waals surface area contributed by atoms with E-state index in [1.54, 1.807) is 13.2 Å². The zero-order valence-corrected chi connectivity index (χ0v) is 17.6. The third kappa shape index (κ3) is 4.70. The van der Waals surface area contributed by atoms with Gasteiger partial charge in [-0.15, -0.1) is 0 Å². The second kappa shape index (κ2) is 9.20. The lowest BCUT2D eigenvalue weighted by Crippen LogP contribution is -2.52. The molecule has 0 radical (unpaired) electrons. The molecule has 0 spiro atoms. The Kier molecular flexibility index (Phi) is 6.20. The van der Waals surface area contributed by atoms with Crippen molar-refractivity contribution in [1.29, 1.82) is 0 Å². The van der Waals surface area contributed by atoms with Crippen molar-refractivity contribution >= 4 is 23.1 Å². The van der Waals surface area contributed by atoms with Gasteiger partial charge in [0.15, 0.2) is 0 Å². The van der Waals surface area contributed by atoms with E-state index in [-0.39, 0.29) is 17.5 Å². The molecule has 2 fully saturated rings. The van der Waals surface area contributed by atoms with E-state index in [0.29, 0.717) is 25.5 Å². The Bertz CT molecular complexity index is 911. The molecular formula is C22H27N5O4. The molecule has 9 nitrogen and oxygen atoms in total. The van der Waals surface area contributed by atoms with Crippen molar-refractivity contribution in [1.82, 2.24) is 9.88 Å². The summed E-state index contributed by atoms with van der Waals surface area (Å²) in [5.41, 5.74) is 1.11. The minimum absolute atomic E-state index is 0.0249. The van der Waals surface area contributed by atoms with Crippen LogP contribution in [0.4, 0.5) is 17.2 Å². The van der Waals surface area contributed by atoms with Gasteiger partial charge in [-0.25, -0.2) is 4.98 Å². The van der Waals surface area contributed by atoms with Gasteiger partial charge in [0.25, 0.3) is 5.69 Å². The van der Waals surface area contributed by atoms with Gasteiger partial charge in [0.1, 0.15) is 17.8 Å². The number of anilines is 2. The summed E-state index contributed by atoms with van der Waals surface area (Å²) >= 11 is 0. The Morgan fingerprint density at radius 3 is 2.42 bits per heavy atom. The highest BCUT2D eigenvalue weighted by Gasteiger charge is 2.31. The van der Waals surface area contributed by atoms with Gasteiger partial charge in [-0.3, -0.25) is 14.9 Å². The van der Waals surface area contributed by atoms with Gasteiger partial charge in [-0.2, -0.15) is 0 Å². The summed E-state index contributed by atoms with van der Waals surface area (Å²) in [5.74, 6) is 1.65. The number of nitro groups is 1. The van der Waals surface area contributed by atoms with Crippen LogP contribution in [0.5, 0.6) is 5.75 Å². The minimum atomic E-state index is -0.453. The van der Waals surface area contributed by atoms with Crippen LogP contribution in [0.3, 0.4) is 0 Å². The van der Waals surface area contributed by atoms with Gasteiger partial charge in [-0.1, -0.05) is 0 Å². The minimum Gasteiger partial charge on any atom is -0.497 e. The van der Waals surface area contributed by atoms with Crippen molar-refractivity contribution in [3.05, 3.63) is 52.7 Å². The Balaban J connectivity index is 1.33. The SMILES string of the molecule is COc1ccc(N2CCN(C(=O)[C@@H]3CCCN(c4ccc([N+](=O)[O-])cn4)C3)CC2)cc1. The second-order valence-corrected chi connectivity index (χ2v) is 7.93. The summed E-state index contributed by atoms with van der Waals surface area (Å²) in [4.78, 5) is 34.1. The van der Waals surface area contributed by atoms with E-state index in [4.69, 9.17) is 4.74 Å². The van der Waals surface area contributed by atoms with Crippen molar-refractivity contribution in [2.45, 2.75) is 12.8 Å². The van der Waals surface area contributed by atoms with Crippen molar-refractivity contribution < 1.29 is 14.5 Å². The molecule has 9 heteroatoms. The molecule has 31 heavy (non-hydrogen) atoms. The van der Waals surface area contributed by atoms with Crippen LogP contribution >= 0.6 is 0 Å². The van der Waals surface area contributed by atoms with Crippen LogP contribution in [0, 0.1) is 16.0 Å². The molecule has 2 aromatic rings. The predicted molar refractivity (Wildman–Crippen MR) is 118 cm³/mol. The first-order valence-electron chi connectivity index (χ1n) is 10.6. The van der Waals surface area contributed by atoms with Crippen LogP contribution in [0.15, 0.2) is 42.6 Å². The van der Waals surface area contributed by atoms with E-state index in [2.05, 4.69) is 14.8 Å². The van der Waals surface area contributed by atoms with Crippen LogP contribution in [-0.2, 0) is 4.79 Å². The largest absolute Gasteiger partial charge is 0.497 e. The maximum absolute atomic E-state index is 13.2. The normalized spacial score (nSPS) is 19.3. The Morgan fingerprint density at radius 2 is 1.81 bits per heavy atom. The molecule has 1 aromatic carbocycles. The second-order valence-electron chi connectivity index (χ2n) is 7.93. The number of amides is 1. The lowest BCUT2D eigenvalue weighted by atomic mass is 9.96. The lowest BCUT2D eigenvalue weighted by Gasteiger charge is -2.40. The van der Waals surface area contributed by atoms with Gasteiger partial charge < -0.3 is 19.4 Å². The third-order valence-corrected chi connectivity index (χ3v) is 6.07. The fourth-order valence-electron chi connectivity index (χ4n) is 4.30. The van der Waals surface area contributed by atoms with Crippen molar-refractivity contribution in [2.24, 2.45) is 5.92 Å². The number of pyridine rings is 1. The van der Waals surface area contributed by atoms with E-state index in [1.807, 2.05) is 29.2 Å². The summed E-state index contributed by atoms with van der Waals surface area (Å²) in [6.07, 6.45) is 3.04. The zero-order chi connectivity index (χ0) is 21.8. The molecule has 1 aromatic heterocycles. The molecule has 164 valence electrons. The van der Waals surface area contributed by atoms with Crippen LogP contribution in [0.2, 0.25) is 0 Å². The van der Waals surface area contributed by atoms with Crippen molar-refractivity contribution in [2.75, 3.05) is 56.2 Å². The summed E-state index contributed by atoms with van der Waals surface area (Å²) in [6, 6.07) is 11.1. The van der Waals surface area contributed by atoms with Gasteiger partial charge in [-0.05, 0) is 43.2 Å². The monoisotopic (exact) mass is 425 g/mol. The first kappa shape index (κ1) is 20.9. The maximum Gasteiger partial charge on any atom is 0.287 e. The molecule has 0 bridgehead atoms. The molecule has 0 unspecified atom stereocenters. The third-order valence-electron chi connectivity index (χ3n) is 6.07.